The van der Waals surface area contributed by atoms with Crippen LogP contribution in [0.3, 0.4) is 0 Å². The third-order valence-electron chi connectivity index (χ3n) is 3.14. The van der Waals surface area contributed by atoms with Gasteiger partial charge in [-0.05, 0) is 33.1 Å². The highest BCUT2D eigenvalue weighted by molar-refractivity contribution is 9.09. The van der Waals surface area contributed by atoms with E-state index in [0.717, 1.165) is 31.0 Å². The maximum atomic E-state index is 12.3. The van der Waals surface area contributed by atoms with E-state index < -0.39 is 10.0 Å². The van der Waals surface area contributed by atoms with Crippen molar-refractivity contribution < 1.29 is 13.2 Å². The zero-order chi connectivity index (χ0) is 13.6. The van der Waals surface area contributed by atoms with Crippen LogP contribution in [0.2, 0.25) is 0 Å². The zero-order valence-electron chi connectivity index (χ0n) is 11.3. The summed E-state index contributed by atoms with van der Waals surface area (Å²) in [4.78, 5) is 0. The fourth-order valence-corrected chi connectivity index (χ4v) is 3.81. The first-order valence-electron chi connectivity index (χ1n) is 6.64. The Morgan fingerprint density at radius 2 is 2.06 bits per heavy atom. The van der Waals surface area contributed by atoms with Crippen molar-refractivity contribution in [2.45, 2.75) is 51.7 Å². The summed E-state index contributed by atoms with van der Waals surface area (Å²) in [6.45, 7) is 4.75. The first-order chi connectivity index (χ1) is 8.47. The molecule has 0 aromatic heterocycles. The number of alkyl halides is 1. The lowest BCUT2D eigenvalue weighted by Crippen LogP contribution is -2.46. The Morgan fingerprint density at radius 1 is 1.39 bits per heavy atom. The Labute approximate surface area is 119 Å². The van der Waals surface area contributed by atoms with Gasteiger partial charge >= 0.3 is 0 Å². The molecule has 108 valence electrons. The third-order valence-corrected chi connectivity index (χ3v) is 5.58. The van der Waals surface area contributed by atoms with Gasteiger partial charge in [0.05, 0.1) is 18.5 Å². The molecule has 1 rings (SSSR count). The molecule has 0 bridgehead atoms. The Bertz CT molecular complexity index is 328. The second-order valence-corrected chi connectivity index (χ2v) is 7.81. The first-order valence-corrected chi connectivity index (χ1v) is 9.37. The number of hydrogen-bond acceptors (Lipinski definition) is 3. The normalized spacial score (nSPS) is 17.4. The van der Waals surface area contributed by atoms with Gasteiger partial charge in [-0.1, -0.05) is 22.4 Å². The Balaban J connectivity index is 2.52. The molecule has 0 amide bonds. The molecule has 0 radical (unpaired) electrons. The first kappa shape index (κ1) is 16.4. The Morgan fingerprint density at radius 3 is 2.50 bits per heavy atom. The van der Waals surface area contributed by atoms with Gasteiger partial charge in [-0.15, -0.1) is 0 Å². The lowest BCUT2D eigenvalue weighted by Gasteiger charge is -2.36. The van der Waals surface area contributed by atoms with Crippen LogP contribution in [-0.2, 0) is 14.8 Å². The quantitative estimate of drug-likeness (QED) is 0.605. The van der Waals surface area contributed by atoms with Gasteiger partial charge in [0.15, 0.2) is 0 Å². The molecule has 18 heavy (non-hydrogen) atoms. The fraction of sp³-hybridized carbons (Fsp3) is 1.00. The van der Waals surface area contributed by atoms with Gasteiger partial charge < -0.3 is 4.74 Å². The average Bonchev–Trinajstić information content (AvgIpc) is 2.20. The Hall–Kier alpha value is 0.350. The zero-order valence-corrected chi connectivity index (χ0v) is 13.7. The van der Waals surface area contributed by atoms with Crippen molar-refractivity contribution in [2.75, 3.05) is 24.2 Å². The van der Waals surface area contributed by atoms with Crippen molar-refractivity contribution in [2.24, 2.45) is 0 Å². The predicted molar refractivity (Wildman–Crippen MR) is 77.6 cm³/mol. The smallest absolute Gasteiger partial charge is 0.216 e. The maximum Gasteiger partial charge on any atom is 0.216 e. The number of rotatable bonds is 9. The molecule has 0 spiro atoms. The van der Waals surface area contributed by atoms with Crippen molar-refractivity contribution in [1.82, 2.24) is 4.31 Å². The summed E-state index contributed by atoms with van der Waals surface area (Å²) >= 11 is 3.36. The van der Waals surface area contributed by atoms with Gasteiger partial charge in [-0.25, -0.2) is 8.42 Å². The van der Waals surface area contributed by atoms with E-state index in [4.69, 9.17) is 4.74 Å². The van der Waals surface area contributed by atoms with E-state index in [1.807, 2.05) is 13.8 Å². The van der Waals surface area contributed by atoms with Crippen molar-refractivity contribution in [1.29, 1.82) is 0 Å². The molecule has 0 heterocycles. The molecule has 0 aromatic rings. The van der Waals surface area contributed by atoms with Gasteiger partial charge in [0.25, 0.3) is 0 Å². The van der Waals surface area contributed by atoms with E-state index in [0.29, 0.717) is 6.54 Å². The Kier molecular flexibility index (Phi) is 7.13. The maximum absolute atomic E-state index is 12.3. The molecule has 1 aliphatic rings. The highest BCUT2D eigenvalue weighted by Crippen LogP contribution is 2.27. The van der Waals surface area contributed by atoms with Crippen molar-refractivity contribution in [3.05, 3.63) is 0 Å². The van der Waals surface area contributed by atoms with Crippen LogP contribution in [0.5, 0.6) is 0 Å². The minimum absolute atomic E-state index is 0.0832. The van der Waals surface area contributed by atoms with Gasteiger partial charge in [0.1, 0.15) is 0 Å². The molecular formula is C12H24BrNO3S. The van der Waals surface area contributed by atoms with Crippen molar-refractivity contribution in [3.63, 3.8) is 0 Å². The predicted octanol–water partition coefficient (Wildman–Crippen LogP) is 2.38. The molecule has 1 saturated carbocycles. The third kappa shape index (κ3) is 5.15. The van der Waals surface area contributed by atoms with Gasteiger partial charge in [-0.3, -0.25) is 0 Å². The van der Waals surface area contributed by atoms with E-state index in [9.17, 15) is 8.42 Å². The topological polar surface area (TPSA) is 46.6 Å². The van der Waals surface area contributed by atoms with Crippen LogP contribution < -0.4 is 0 Å². The monoisotopic (exact) mass is 341 g/mol. The number of hydrogen-bond donors (Lipinski definition) is 0. The van der Waals surface area contributed by atoms with E-state index >= 15 is 0 Å². The molecule has 0 atom stereocenters. The van der Waals surface area contributed by atoms with E-state index in [1.54, 1.807) is 4.31 Å². The van der Waals surface area contributed by atoms with Crippen molar-refractivity contribution in [3.8, 4) is 0 Å². The van der Waals surface area contributed by atoms with Gasteiger partial charge in [0.2, 0.25) is 10.0 Å². The minimum Gasteiger partial charge on any atom is -0.378 e. The number of halogens is 1. The number of ether oxygens (including phenoxy) is 1. The van der Waals surface area contributed by atoms with Crippen LogP contribution in [0.15, 0.2) is 0 Å². The van der Waals surface area contributed by atoms with Crippen LogP contribution in [0.25, 0.3) is 0 Å². The summed E-state index contributed by atoms with van der Waals surface area (Å²) in [6, 6.07) is 0.230. The summed E-state index contributed by atoms with van der Waals surface area (Å²) in [5.74, 6) is 0.101. The largest absolute Gasteiger partial charge is 0.378 e. The molecule has 6 heteroatoms. The molecule has 0 aromatic carbocycles. The molecule has 0 N–H and O–H groups in total. The van der Waals surface area contributed by atoms with E-state index in [-0.39, 0.29) is 24.5 Å². The molecule has 0 saturated heterocycles. The summed E-state index contributed by atoms with van der Waals surface area (Å²) in [5.41, 5.74) is 0. The van der Waals surface area contributed by atoms with Crippen LogP contribution in [0, 0.1) is 0 Å². The van der Waals surface area contributed by atoms with Crippen molar-refractivity contribution >= 4 is 26.0 Å². The standard InChI is InChI=1S/C12H24BrNO3S/c1-11(2)17-9-10-18(15,16)14(8-4-7-13)12-5-3-6-12/h11-12H,3-10H2,1-2H3. The average molecular weight is 342 g/mol. The van der Waals surface area contributed by atoms with Crippen LogP contribution in [0.4, 0.5) is 0 Å². The van der Waals surface area contributed by atoms with Crippen LogP contribution in [0.1, 0.15) is 39.5 Å². The molecule has 0 aliphatic heterocycles. The molecule has 1 fully saturated rings. The van der Waals surface area contributed by atoms with Gasteiger partial charge in [-0.2, -0.15) is 4.31 Å². The highest BCUT2D eigenvalue weighted by atomic mass is 79.9. The minimum atomic E-state index is -3.16. The highest BCUT2D eigenvalue weighted by Gasteiger charge is 2.32. The molecule has 0 unspecified atom stereocenters. The van der Waals surface area contributed by atoms with Crippen LogP contribution in [-0.4, -0.2) is 49.1 Å². The molecule has 4 nitrogen and oxygen atoms in total. The SMILES string of the molecule is CC(C)OCCS(=O)(=O)N(CCCBr)C1CCC1. The number of sulfonamides is 1. The summed E-state index contributed by atoms with van der Waals surface area (Å²) in [7, 11) is -3.16. The summed E-state index contributed by atoms with van der Waals surface area (Å²) < 4.78 is 31.6. The lowest BCUT2D eigenvalue weighted by atomic mass is 9.93. The van der Waals surface area contributed by atoms with E-state index in [1.165, 1.54) is 0 Å². The number of nitrogens with zero attached hydrogens (tertiary/aromatic N) is 1. The summed E-state index contributed by atoms with van der Waals surface area (Å²) in [6.07, 6.45) is 4.10. The van der Waals surface area contributed by atoms with Gasteiger partial charge in [0, 0.05) is 17.9 Å². The second-order valence-electron chi connectivity index (χ2n) is 4.97. The second kappa shape index (κ2) is 7.82. The van der Waals surface area contributed by atoms with E-state index in [2.05, 4.69) is 15.9 Å². The molecule has 1 aliphatic carbocycles. The summed E-state index contributed by atoms with van der Waals surface area (Å²) in [5, 5.41) is 0.842. The fourth-order valence-electron chi connectivity index (χ4n) is 1.95. The van der Waals surface area contributed by atoms with Crippen LogP contribution >= 0.6 is 15.9 Å². The lowest BCUT2D eigenvalue weighted by molar-refractivity contribution is 0.0901. The molecular weight excluding hydrogens is 318 g/mol.